The van der Waals surface area contributed by atoms with Gasteiger partial charge in [-0.15, -0.1) is 0 Å². The first kappa shape index (κ1) is 13.9. The lowest BCUT2D eigenvalue weighted by atomic mass is 10.3. The minimum absolute atomic E-state index is 0.0804. The predicted molar refractivity (Wildman–Crippen MR) is 74.3 cm³/mol. The molecule has 100 valence electrons. The van der Waals surface area contributed by atoms with E-state index in [1.54, 1.807) is 6.07 Å². The van der Waals surface area contributed by atoms with Gasteiger partial charge in [-0.3, -0.25) is 9.52 Å². The summed E-state index contributed by atoms with van der Waals surface area (Å²) in [7, 11) is -3.83. The summed E-state index contributed by atoms with van der Waals surface area (Å²) in [5.41, 5.74) is -0.222. The fraction of sp³-hybridized carbons (Fsp3) is 0. The third kappa shape index (κ3) is 3.28. The third-order valence-electron chi connectivity index (χ3n) is 2.24. The standard InChI is InChI=1S/C11H8Cl2N2O3S/c12-7-1-3-9(13)10(5-7)15-19(17,18)8-2-4-11(16)14-6-8/h1-6,15H,(H,14,16). The molecular weight excluding hydrogens is 311 g/mol. The molecule has 0 unspecified atom stereocenters. The van der Waals surface area contributed by atoms with E-state index in [0.29, 0.717) is 5.02 Å². The molecular formula is C11H8Cl2N2O3S. The maximum absolute atomic E-state index is 12.0. The van der Waals surface area contributed by atoms with Crippen molar-refractivity contribution in [2.45, 2.75) is 4.90 Å². The van der Waals surface area contributed by atoms with Gasteiger partial charge >= 0.3 is 0 Å². The van der Waals surface area contributed by atoms with Crippen molar-refractivity contribution >= 4 is 38.9 Å². The highest BCUT2D eigenvalue weighted by atomic mass is 35.5. The number of rotatable bonds is 3. The smallest absolute Gasteiger partial charge is 0.263 e. The molecule has 0 radical (unpaired) electrons. The summed E-state index contributed by atoms with van der Waals surface area (Å²) in [6.07, 6.45) is 1.10. The van der Waals surface area contributed by atoms with Crippen LogP contribution in [0.4, 0.5) is 5.69 Å². The summed E-state index contributed by atoms with van der Waals surface area (Å²) in [4.78, 5) is 13.1. The Balaban J connectivity index is 2.39. The van der Waals surface area contributed by atoms with Crippen LogP contribution in [0, 0.1) is 0 Å². The fourth-order valence-corrected chi connectivity index (χ4v) is 2.77. The van der Waals surface area contributed by atoms with E-state index < -0.39 is 10.0 Å². The van der Waals surface area contributed by atoms with E-state index in [1.165, 1.54) is 18.2 Å². The van der Waals surface area contributed by atoms with Gasteiger partial charge in [-0.1, -0.05) is 23.2 Å². The van der Waals surface area contributed by atoms with Gasteiger partial charge in [-0.2, -0.15) is 0 Å². The molecule has 2 N–H and O–H groups in total. The van der Waals surface area contributed by atoms with Gasteiger partial charge < -0.3 is 4.98 Å². The molecule has 0 spiro atoms. The molecule has 0 bridgehead atoms. The summed E-state index contributed by atoms with van der Waals surface area (Å²) in [6.45, 7) is 0. The Morgan fingerprint density at radius 3 is 2.47 bits per heavy atom. The van der Waals surface area contributed by atoms with Crippen molar-refractivity contribution in [2.24, 2.45) is 0 Å². The summed E-state index contributed by atoms with van der Waals surface area (Å²) in [6, 6.07) is 6.73. The van der Waals surface area contributed by atoms with E-state index in [9.17, 15) is 13.2 Å². The number of H-pyrrole nitrogens is 1. The molecule has 5 nitrogen and oxygen atoms in total. The lowest BCUT2D eigenvalue weighted by Crippen LogP contribution is -2.15. The zero-order valence-corrected chi connectivity index (χ0v) is 11.7. The van der Waals surface area contributed by atoms with Gasteiger partial charge in [0.15, 0.2) is 0 Å². The Bertz CT molecular complexity index is 751. The molecule has 1 heterocycles. The van der Waals surface area contributed by atoms with Gasteiger partial charge in [0, 0.05) is 17.3 Å². The second kappa shape index (κ2) is 5.24. The van der Waals surface area contributed by atoms with Crippen molar-refractivity contribution in [2.75, 3.05) is 4.72 Å². The third-order valence-corrected chi connectivity index (χ3v) is 4.17. The quantitative estimate of drug-likeness (QED) is 0.912. The Morgan fingerprint density at radius 1 is 1.11 bits per heavy atom. The minimum Gasteiger partial charge on any atom is -0.328 e. The van der Waals surface area contributed by atoms with Crippen LogP contribution in [0.25, 0.3) is 0 Å². The highest BCUT2D eigenvalue weighted by Crippen LogP contribution is 2.27. The van der Waals surface area contributed by atoms with Crippen LogP contribution in [0.1, 0.15) is 0 Å². The summed E-state index contributed by atoms with van der Waals surface area (Å²) in [5, 5.41) is 0.570. The first-order valence-electron chi connectivity index (χ1n) is 5.05. The van der Waals surface area contributed by atoms with Gasteiger partial charge in [0.05, 0.1) is 10.7 Å². The molecule has 0 aliphatic rings. The number of hydrogen-bond acceptors (Lipinski definition) is 3. The largest absolute Gasteiger partial charge is 0.328 e. The number of benzene rings is 1. The number of halogens is 2. The van der Waals surface area contributed by atoms with Crippen molar-refractivity contribution in [1.82, 2.24) is 4.98 Å². The fourth-order valence-electron chi connectivity index (χ4n) is 1.34. The second-order valence-corrected chi connectivity index (χ2v) is 6.14. The molecule has 1 aromatic carbocycles. The highest BCUT2D eigenvalue weighted by Gasteiger charge is 2.16. The second-order valence-electron chi connectivity index (χ2n) is 3.62. The summed E-state index contributed by atoms with van der Waals surface area (Å²) in [5.74, 6) is 0. The van der Waals surface area contributed by atoms with E-state index in [0.717, 1.165) is 12.3 Å². The van der Waals surface area contributed by atoms with Crippen molar-refractivity contribution in [1.29, 1.82) is 0 Å². The lowest BCUT2D eigenvalue weighted by Gasteiger charge is -2.09. The summed E-state index contributed by atoms with van der Waals surface area (Å²) >= 11 is 11.6. The number of hydrogen-bond donors (Lipinski definition) is 2. The molecule has 0 aliphatic carbocycles. The number of aromatic amines is 1. The normalized spacial score (nSPS) is 11.3. The van der Waals surface area contributed by atoms with Gasteiger partial charge in [0.2, 0.25) is 5.56 Å². The first-order chi connectivity index (χ1) is 8.88. The van der Waals surface area contributed by atoms with Crippen molar-refractivity contribution in [3.8, 4) is 0 Å². The molecule has 0 atom stereocenters. The molecule has 2 aromatic rings. The SMILES string of the molecule is O=c1ccc(S(=O)(=O)Nc2cc(Cl)ccc2Cl)c[nH]1. The van der Waals surface area contributed by atoms with Gasteiger partial charge in [-0.05, 0) is 24.3 Å². The van der Waals surface area contributed by atoms with Crippen molar-refractivity contribution in [3.63, 3.8) is 0 Å². The Hall–Kier alpha value is -1.50. The minimum atomic E-state index is -3.83. The highest BCUT2D eigenvalue weighted by molar-refractivity contribution is 7.92. The van der Waals surface area contributed by atoms with Crippen LogP contribution in [0.5, 0.6) is 0 Å². The predicted octanol–water partition coefficient (Wildman–Crippen LogP) is 2.48. The van der Waals surface area contributed by atoms with E-state index in [2.05, 4.69) is 9.71 Å². The molecule has 0 amide bonds. The number of aromatic nitrogens is 1. The van der Waals surface area contributed by atoms with Gasteiger partial charge in [-0.25, -0.2) is 8.42 Å². The molecule has 2 rings (SSSR count). The van der Waals surface area contributed by atoms with Gasteiger partial charge in [0.1, 0.15) is 4.90 Å². The zero-order valence-electron chi connectivity index (χ0n) is 9.35. The average molecular weight is 319 g/mol. The van der Waals surface area contributed by atoms with E-state index in [-0.39, 0.29) is 21.2 Å². The van der Waals surface area contributed by atoms with Crippen LogP contribution in [-0.4, -0.2) is 13.4 Å². The molecule has 0 saturated heterocycles. The van der Waals surface area contributed by atoms with Crippen LogP contribution in [-0.2, 0) is 10.0 Å². The number of nitrogens with one attached hydrogen (secondary N) is 2. The Labute approximate surface area is 119 Å². The topological polar surface area (TPSA) is 79.0 Å². The van der Waals surface area contributed by atoms with Crippen molar-refractivity contribution in [3.05, 3.63) is 56.9 Å². The van der Waals surface area contributed by atoms with Crippen LogP contribution in [0.15, 0.2) is 46.2 Å². The van der Waals surface area contributed by atoms with Crippen LogP contribution in [0.3, 0.4) is 0 Å². The number of pyridine rings is 1. The van der Waals surface area contributed by atoms with Gasteiger partial charge in [0.25, 0.3) is 10.0 Å². The number of anilines is 1. The maximum Gasteiger partial charge on any atom is 0.263 e. The van der Waals surface area contributed by atoms with Crippen LogP contribution < -0.4 is 10.3 Å². The lowest BCUT2D eigenvalue weighted by molar-refractivity contribution is 0.600. The van der Waals surface area contributed by atoms with Crippen molar-refractivity contribution < 1.29 is 8.42 Å². The first-order valence-corrected chi connectivity index (χ1v) is 7.29. The average Bonchev–Trinajstić information content (AvgIpc) is 2.34. The zero-order chi connectivity index (χ0) is 14.0. The molecule has 1 aromatic heterocycles. The molecule has 8 heteroatoms. The maximum atomic E-state index is 12.0. The molecule has 19 heavy (non-hydrogen) atoms. The van der Waals surface area contributed by atoms with E-state index in [1.807, 2.05) is 0 Å². The molecule has 0 aliphatic heterocycles. The monoisotopic (exact) mass is 318 g/mol. The van der Waals surface area contributed by atoms with E-state index >= 15 is 0 Å². The summed E-state index contributed by atoms with van der Waals surface area (Å²) < 4.78 is 26.4. The molecule has 0 fully saturated rings. The number of sulfonamides is 1. The van der Waals surface area contributed by atoms with Crippen LogP contribution in [0.2, 0.25) is 10.0 Å². The molecule has 0 saturated carbocycles. The van der Waals surface area contributed by atoms with E-state index in [4.69, 9.17) is 23.2 Å². The Morgan fingerprint density at radius 2 is 1.84 bits per heavy atom. The Kier molecular flexibility index (Phi) is 3.84. The van der Waals surface area contributed by atoms with Crippen LogP contribution >= 0.6 is 23.2 Å².